The maximum atomic E-state index is 11.2. The first-order valence-electron chi connectivity index (χ1n) is 8.73. The molecule has 0 unspecified atom stereocenters. The van der Waals surface area contributed by atoms with Crippen molar-refractivity contribution < 1.29 is 9.90 Å². The van der Waals surface area contributed by atoms with Crippen molar-refractivity contribution >= 4 is 45.5 Å². The maximum Gasteiger partial charge on any atom is 0.416 e. The zero-order valence-electron chi connectivity index (χ0n) is 14.8. The number of nitrogens with zero attached hydrogens (tertiary/aromatic N) is 6. The molecule has 3 heterocycles. The summed E-state index contributed by atoms with van der Waals surface area (Å²) in [6.07, 6.45) is 2.41. The van der Waals surface area contributed by atoms with Crippen LogP contribution in [0.1, 0.15) is 12.8 Å². The quantitative estimate of drug-likeness (QED) is 0.459. The molecule has 8 nitrogen and oxygen atoms in total. The van der Waals surface area contributed by atoms with Gasteiger partial charge in [-0.15, -0.1) is 10.2 Å². The Labute approximate surface area is 170 Å². The molecular formula is C18H19IN6O2. The number of rotatable bonds is 3. The number of halogens is 1. The number of aromatic nitrogens is 4. The Morgan fingerprint density at radius 2 is 1.89 bits per heavy atom. The van der Waals surface area contributed by atoms with Crippen LogP contribution in [0, 0.1) is 0 Å². The third kappa shape index (κ3) is 3.31. The molecule has 4 rings (SSSR count). The first kappa shape index (κ1) is 18.0. The van der Waals surface area contributed by atoms with E-state index < -0.39 is 6.09 Å². The van der Waals surface area contributed by atoms with Crippen LogP contribution in [0.2, 0.25) is 0 Å². The van der Waals surface area contributed by atoms with E-state index in [0.717, 1.165) is 53.9 Å². The standard InChI is InChI=1S/C18H19IN6O2/c1-23-15(6-9-20-23)16-13-4-2-3-5-14(13)17(22-21-16)24-10-7-12(8-11-24)25(19)18(26)27/h2-6,9,12H,7-8,10-11H2,1H3,(H,26,27). The van der Waals surface area contributed by atoms with Gasteiger partial charge < -0.3 is 10.0 Å². The van der Waals surface area contributed by atoms with Crippen molar-refractivity contribution in [2.45, 2.75) is 18.9 Å². The van der Waals surface area contributed by atoms with E-state index in [1.165, 1.54) is 3.11 Å². The summed E-state index contributed by atoms with van der Waals surface area (Å²) < 4.78 is 3.17. The second-order valence-corrected chi connectivity index (χ2v) is 7.61. The van der Waals surface area contributed by atoms with Crippen molar-refractivity contribution in [3.8, 4) is 11.4 Å². The first-order valence-corrected chi connectivity index (χ1v) is 9.69. The van der Waals surface area contributed by atoms with Gasteiger partial charge in [-0.25, -0.2) is 7.91 Å². The molecule has 9 heteroatoms. The second kappa shape index (κ2) is 7.29. The summed E-state index contributed by atoms with van der Waals surface area (Å²) in [5.41, 5.74) is 1.74. The van der Waals surface area contributed by atoms with Crippen LogP contribution in [0.25, 0.3) is 22.2 Å². The number of carbonyl (C=O) groups is 1. The van der Waals surface area contributed by atoms with Crippen molar-refractivity contribution in [3.63, 3.8) is 0 Å². The highest BCUT2D eigenvalue weighted by Crippen LogP contribution is 2.32. The molecule has 0 aliphatic carbocycles. The molecule has 0 radical (unpaired) electrons. The number of fused-ring (bicyclic) bond motifs is 1. The number of anilines is 1. The van der Waals surface area contributed by atoms with Crippen molar-refractivity contribution in [2.75, 3.05) is 18.0 Å². The molecule has 3 aromatic rings. The predicted molar refractivity (Wildman–Crippen MR) is 111 cm³/mol. The lowest BCUT2D eigenvalue weighted by atomic mass is 10.0. The van der Waals surface area contributed by atoms with Gasteiger partial charge in [-0.05, 0) is 18.9 Å². The topological polar surface area (TPSA) is 87.4 Å². The molecule has 0 saturated carbocycles. The molecule has 1 aliphatic heterocycles. The Balaban J connectivity index is 1.67. The van der Waals surface area contributed by atoms with Crippen LogP contribution in [-0.4, -0.2) is 53.4 Å². The number of hydrogen-bond donors (Lipinski definition) is 1. The van der Waals surface area contributed by atoms with Gasteiger partial charge >= 0.3 is 6.09 Å². The predicted octanol–water partition coefficient (Wildman–Crippen LogP) is 3.33. The van der Waals surface area contributed by atoms with E-state index in [1.54, 1.807) is 10.9 Å². The SMILES string of the molecule is Cn1nccc1-c1nnc(N2CCC(N(I)C(=O)O)CC2)c2ccccc12. The smallest absolute Gasteiger partial charge is 0.416 e. The Kier molecular flexibility index (Phi) is 4.85. The number of piperidine rings is 1. The number of carboxylic acid groups (broad SMARTS) is 1. The molecule has 0 atom stereocenters. The fourth-order valence-electron chi connectivity index (χ4n) is 3.58. The molecule has 1 fully saturated rings. The summed E-state index contributed by atoms with van der Waals surface area (Å²) in [6, 6.07) is 10.1. The van der Waals surface area contributed by atoms with E-state index in [1.807, 2.05) is 48.1 Å². The third-order valence-corrected chi connectivity index (χ3v) is 6.20. The largest absolute Gasteiger partial charge is 0.464 e. The Morgan fingerprint density at radius 1 is 1.19 bits per heavy atom. The Bertz CT molecular complexity index is 983. The molecule has 140 valence electrons. The van der Waals surface area contributed by atoms with E-state index in [2.05, 4.69) is 32.3 Å². The molecule has 1 saturated heterocycles. The maximum absolute atomic E-state index is 11.2. The van der Waals surface area contributed by atoms with Crippen LogP contribution in [0.15, 0.2) is 36.5 Å². The second-order valence-electron chi connectivity index (χ2n) is 6.57. The first-order chi connectivity index (χ1) is 13.1. The molecule has 1 aromatic carbocycles. The molecule has 1 amide bonds. The minimum atomic E-state index is -0.889. The van der Waals surface area contributed by atoms with Crippen LogP contribution in [0.4, 0.5) is 10.6 Å². The molecular weight excluding hydrogens is 459 g/mol. The number of hydrogen-bond acceptors (Lipinski definition) is 5. The number of amides is 1. The highest BCUT2D eigenvalue weighted by molar-refractivity contribution is 14.1. The molecule has 2 aromatic heterocycles. The summed E-state index contributed by atoms with van der Waals surface area (Å²) in [4.78, 5) is 13.4. The molecule has 0 spiro atoms. The van der Waals surface area contributed by atoms with E-state index in [-0.39, 0.29) is 6.04 Å². The zero-order chi connectivity index (χ0) is 19.0. The van der Waals surface area contributed by atoms with Crippen LogP contribution < -0.4 is 4.90 Å². The van der Waals surface area contributed by atoms with Crippen LogP contribution >= 0.6 is 22.9 Å². The van der Waals surface area contributed by atoms with E-state index >= 15 is 0 Å². The molecule has 0 bridgehead atoms. The van der Waals surface area contributed by atoms with Gasteiger partial charge in [-0.3, -0.25) is 4.68 Å². The van der Waals surface area contributed by atoms with E-state index in [9.17, 15) is 9.90 Å². The normalized spacial score (nSPS) is 15.3. The lowest BCUT2D eigenvalue weighted by molar-refractivity contribution is 0.165. The van der Waals surface area contributed by atoms with Crippen LogP contribution in [0.3, 0.4) is 0 Å². The van der Waals surface area contributed by atoms with Crippen LogP contribution in [-0.2, 0) is 7.05 Å². The fraction of sp³-hybridized carbons (Fsp3) is 0.333. The van der Waals surface area contributed by atoms with Crippen molar-refractivity contribution in [1.82, 2.24) is 23.1 Å². The van der Waals surface area contributed by atoms with Crippen molar-refractivity contribution in [1.29, 1.82) is 0 Å². The van der Waals surface area contributed by atoms with Gasteiger partial charge in [0.15, 0.2) is 5.82 Å². The lowest BCUT2D eigenvalue weighted by Crippen LogP contribution is -2.43. The van der Waals surface area contributed by atoms with Gasteiger partial charge in [-0.1, -0.05) is 24.3 Å². The average molecular weight is 478 g/mol. The number of aryl methyl sites for hydroxylation is 1. The number of benzene rings is 1. The van der Waals surface area contributed by atoms with Crippen molar-refractivity contribution in [3.05, 3.63) is 36.5 Å². The Hall–Kier alpha value is -2.43. The monoisotopic (exact) mass is 478 g/mol. The lowest BCUT2D eigenvalue weighted by Gasteiger charge is -2.35. The van der Waals surface area contributed by atoms with Crippen molar-refractivity contribution in [2.24, 2.45) is 7.05 Å². The van der Waals surface area contributed by atoms with Gasteiger partial charge in [-0.2, -0.15) is 5.10 Å². The molecule has 1 aliphatic rings. The van der Waals surface area contributed by atoms with E-state index in [0.29, 0.717) is 0 Å². The highest BCUT2D eigenvalue weighted by Gasteiger charge is 2.28. The zero-order valence-corrected chi connectivity index (χ0v) is 16.9. The van der Waals surface area contributed by atoms with E-state index in [4.69, 9.17) is 0 Å². The summed E-state index contributed by atoms with van der Waals surface area (Å²) in [5, 5.41) is 24.5. The van der Waals surface area contributed by atoms with Gasteiger partial charge in [0.2, 0.25) is 0 Å². The highest BCUT2D eigenvalue weighted by atomic mass is 127. The minimum absolute atomic E-state index is 0.0345. The summed E-state index contributed by atoms with van der Waals surface area (Å²) in [6.45, 7) is 1.50. The van der Waals surface area contributed by atoms with Gasteiger partial charge in [0.05, 0.1) is 28.6 Å². The summed E-state index contributed by atoms with van der Waals surface area (Å²) in [5.74, 6) is 0.852. The molecule has 27 heavy (non-hydrogen) atoms. The van der Waals surface area contributed by atoms with Gasteiger partial charge in [0.25, 0.3) is 0 Å². The Morgan fingerprint density at radius 3 is 2.52 bits per heavy atom. The fourth-order valence-corrected chi connectivity index (χ4v) is 4.14. The van der Waals surface area contributed by atoms with Crippen LogP contribution in [0.5, 0.6) is 0 Å². The van der Waals surface area contributed by atoms with Gasteiger partial charge in [0, 0.05) is 43.1 Å². The average Bonchev–Trinajstić information content (AvgIpc) is 3.12. The summed E-state index contributed by atoms with van der Waals surface area (Å²) >= 11 is 1.88. The third-order valence-electron chi connectivity index (χ3n) is 5.00. The molecule has 1 N–H and O–H groups in total. The minimum Gasteiger partial charge on any atom is -0.464 e. The summed E-state index contributed by atoms with van der Waals surface area (Å²) in [7, 11) is 1.89. The van der Waals surface area contributed by atoms with Gasteiger partial charge in [0.1, 0.15) is 5.69 Å².